The number of nitrogens with zero attached hydrogens (tertiary/aromatic N) is 2. The van der Waals surface area contributed by atoms with Crippen molar-refractivity contribution in [2.75, 3.05) is 24.2 Å². The van der Waals surface area contributed by atoms with Gasteiger partial charge in [0.2, 0.25) is 21.8 Å². The van der Waals surface area contributed by atoms with Crippen molar-refractivity contribution in [3.05, 3.63) is 58.1 Å². The maximum atomic E-state index is 13.8. The molecule has 8 nitrogen and oxygen atoms in total. The third-order valence-corrected chi connectivity index (χ3v) is 8.66. The number of anilines is 1. The van der Waals surface area contributed by atoms with Gasteiger partial charge in [-0.25, -0.2) is 8.42 Å². The summed E-state index contributed by atoms with van der Waals surface area (Å²) in [5, 5.41) is 3.31. The van der Waals surface area contributed by atoms with Crippen LogP contribution in [-0.2, 0) is 26.2 Å². The lowest BCUT2D eigenvalue weighted by Gasteiger charge is -2.34. The van der Waals surface area contributed by atoms with Crippen molar-refractivity contribution in [2.45, 2.75) is 64.1 Å². The van der Waals surface area contributed by atoms with Crippen LogP contribution in [0.2, 0.25) is 10.0 Å². The molecule has 1 aliphatic carbocycles. The molecule has 1 atom stereocenters. The van der Waals surface area contributed by atoms with Crippen LogP contribution < -0.4 is 14.4 Å². The fourth-order valence-corrected chi connectivity index (χ4v) is 5.97. The zero-order valence-corrected chi connectivity index (χ0v) is 24.3. The van der Waals surface area contributed by atoms with Gasteiger partial charge in [-0.3, -0.25) is 13.9 Å². The largest absolute Gasteiger partial charge is 0.497 e. The van der Waals surface area contributed by atoms with E-state index in [0.29, 0.717) is 12.2 Å². The molecule has 2 amide bonds. The second-order valence-electron chi connectivity index (χ2n) is 9.48. The van der Waals surface area contributed by atoms with E-state index in [1.807, 2.05) is 19.1 Å². The van der Waals surface area contributed by atoms with Crippen LogP contribution in [-0.4, -0.2) is 57.1 Å². The topological polar surface area (TPSA) is 96.0 Å². The summed E-state index contributed by atoms with van der Waals surface area (Å²) in [6.45, 7) is 1.41. The number of benzene rings is 2. The predicted molar refractivity (Wildman–Crippen MR) is 151 cm³/mol. The first-order valence-corrected chi connectivity index (χ1v) is 15.3. The highest BCUT2D eigenvalue weighted by Gasteiger charge is 2.33. The van der Waals surface area contributed by atoms with E-state index in [9.17, 15) is 18.0 Å². The lowest BCUT2D eigenvalue weighted by molar-refractivity contribution is -0.140. The Hall–Kier alpha value is -2.49. The molecule has 1 N–H and O–H groups in total. The number of amides is 2. The van der Waals surface area contributed by atoms with Crippen molar-refractivity contribution >= 4 is 50.7 Å². The van der Waals surface area contributed by atoms with Crippen LogP contribution in [0.1, 0.15) is 51.0 Å². The van der Waals surface area contributed by atoms with Crippen LogP contribution in [0, 0.1) is 0 Å². The number of rotatable bonds is 11. The first-order chi connectivity index (χ1) is 18.0. The number of hydrogen-bond acceptors (Lipinski definition) is 5. The van der Waals surface area contributed by atoms with Crippen molar-refractivity contribution in [3.63, 3.8) is 0 Å². The summed E-state index contributed by atoms with van der Waals surface area (Å²) in [7, 11) is -2.35. The average molecular weight is 585 g/mol. The number of ether oxygens (including phenoxy) is 1. The maximum Gasteiger partial charge on any atom is 0.244 e. The van der Waals surface area contributed by atoms with Crippen LogP contribution >= 0.6 is 23.2 Å². The average Bonchev–Trinajstić information content (AvgIpc) is 2.89. The Kier molecular flexibility index (Phi) is 10.7. The fourth-order valence-electron chi connectivity index (χ4n) is 4.67. The molecule has 0 heterocycles. The van der Waals surface area contributed by atoms with E-state index in [1.165, 1.54) is 17.0 Å². The number of carbonyl (C=O) groups is 2. The third-order valence-electron chi connectivity index (χ3n) is 6.73. The lowest BCUT2D eigenvalue weighted by Crippen LogP contribution is -2.54. The van der Waals surface area contributed by atoms with Gasteiger partial charge in [-0.1, -0.05) is 67.6 Å². The van der Waals surface area contributed by atoms with Gasteiger partial charge in [0.15, 0.2) is 0 Å². The van der Waals surface area contributed by atoms with E-state index in [2.05, 4.69) is 5.32 Å². The van der Waals surface area contributed by atoms with Crippen LogP contribution in [0.3, 0.4) is 0 Å². The number of halogens is 2. The van der Waals surface area contributed by atoms with Crippen molar-refractivity contribution < 1.29 is 22.7 Å². The zero-order valence-electron chi connectivity index (χ0n) is 22.0. The van der Waals surface area contributed by atoms with Gasteiger partial charge in [-0.15, -0.1) is 0 Å². The molecule has 11 heteroatoms. The summed E-state index contributed by atoms with van der Waals surface area (Å²) in [6, 6.07) is 11.0. The quantitative estimate of drug-likeness (QED) is 0.400. The Morgan fingerprint density at radius 2 is 1.74 bits per heavy atom. The first-order valence-electron chi connectivity index (χ1n) is 12.7. The molecular formula is C27H35Cl2N3O5S. The van der Waals surface area contributed by atoms with Crippen LogP contribution in [0.5, 0.6) is 5.75 Å². The highest BCUT2D eigenvalue weighted by atomic mass is 35.5. The first kappa shape index (κ1) is 30.1. The fraction of sp³-hybridized carbons (Fsp3) is 0.481. The Morgan fingerprint density at radius 3 is 2.32 bits per heavy atom. The SMILES string of the molecule is CCC(C(=O)NC1CCCCC1)N(Cc1ccc(OC)cc1)C(=O)CN(c1cccc(Cl)c1Cl)S(C)(=O)=O. The van der Waals surface area contributed by atoms with Crippen molar-refractivity contribution in [2.24, 2.45) is 0 Å². The number of hydrogen-bond donors (Lipinski definition) is 1. The Morgan fingerprint density at radius 1 is 1.08 bits per heavy atom. The van der Waals surface area contributed by atoms with Crippen molar-refractivity contribution in [1.29, 1.82) is 0 Å². The molecule has 1 fully saturated rings. The molecule has 3 rings (SSSR count). The van der Waals surface area contributed by atoms with Gasteiger partial charge in [0.1, 0.15) is 18.3 Å². The van der Waals surface area contributed by atoms with E-state index in [-0.39, 0.29) is 34.2 Å². The molecule has 0 radical (unpaired) electrons. The summed E-state index contributed by atoms with van der Waals surface area (Å²) in [6.07, 6.45) is 6.43. The summed E-state index contributed by atoms with van der Waals surface area (Å²) < 4.78 is 31.7. The van der Waals surface area contributed by atoms with Crippen molar-refractivity contribution in [3.8, 4) is 5.75 Å². The van der Waals surface area contributed by atoms with Gasteiger partial charge in [0.25, 0.3) is 0 Å². The molecule has 1 saturated carbocycles. The van der Waals surface area contributed by atoms with Crippen LogP contribution in [0.15, 0.2) is 42.5 Å². The molecule has 2 aromatic carbocycles. The highest BCUT2D eigenvalue weighted by Crippen LogP contribution is 2.34. The minimum Gasteiger partial charge on any atom is -0.497 e. The van der Waals surface area contributed by atoms with E-state index >= 15 is 0 Å². The van der Waals surface area contributed by atoms with Gasteiger partial charge in [0.05, 0.1) is 29.1 Å². The third kappa shape index (κ3) is 7.77. The zero-order chi connectivity index (χ0) is 27.9. The standard InChI is InChI=1S/C27H35Cl2N3O5S/c1-4-23(27(34)30-20-9-6-5-7-10-20)31(17-19-13-15-21(37-2)16-14-19)25(33)18-32(38(3,35)36)24-12-8-11-22(28)26(24)29/h8,11-16,20,23H,4-7,9-10,17-18H2,1-3H3,(H,30,34). The van der Waals surface area contributed by atoms with Gasteiger partial charge in [0, 0.05) is 12.6 Å². The number of methoxy groups -OCH3 is 1. The number of sulfonamides is 1. The second-order valence-corrected chi connectivity index (χ2v) is 12.2. The molecule has 1 aliphatic rings. The molecule has 0 aliphatic heterocycles. The van der Waals surface area contributed by atoms with Gasteiger partial charge in [-0.2, -0.15) is 0 Å². The summed E-state index contributed by atoms with van der Waals surface area (Å²) in [4.78, 5) is 28.7. The van der Waals surface area contributed by atoms with Crippen molar-refractivity contribution in [1.82, 2.24) is 10.2 Å². The number of nitrogens with one attached hydrogen (secondary N) is 1. The molecule has 0 bridgehead atoms. The minimum absolute atomic E-state index is 0.0242. The molecule has 0 aromatic heterocycles. The maximum absolute atomic E-state index is 13.8. The van der Waals surface area contributed by atoms with Crippen LogP contribution in [0.25, 0.3) is 0 Å². The molecule has 208 valence electrons. The van der Waals surface area contributed by atoms with Crippen LogP contribution in [0.4, 0.5) is 5.69 Å². The Bertz CT molecular complexity index is 1220. The lowest BCUT2D eigenvalue weighted by atomic mass is 9.95. The van der Waals surface area contributed by atoms with E-state index in [4.69, 9.17) is 27.9 Å². The molecule has 0 saturated heterocycles. The molecule has 2 aromatic rings. The summed E-state index contributed by atoms with van der Waals surface area (Å²) in [5.41, 5.74) is 0.869. The van der Waals surface area contributed by atoms with E-state index in [0.717, 1.165) is 48.2 Å². The van der Waals surface area contributed by atoms with Gasteiger partial charge < -0.3 is 15.0 Å². The minimum atomic E-state index is -3.92. The van der Waals surface area contributed by atoms with E-state index < -0.39 is 28.5 Å². The Labute approximate surface area is 235 Å². The number of carbonyl (C=O) groups excluding carboxylic acids is 2. The normalized spacial score (nSPS) is 15.0. The second kappa shape index (κ2) is 13.5. The molecule has 38 heavy (non-hydrogen) atoms. The summed E-state index contributed by atoms with van der Waals surface area (Å²) in [5.74, 6) is -0.117. The smallest absolute Gasteiger partial charge is 0.244 e. The summed E-state index contributed by atoms with van der Waals surface area (Å²) >= 11 is 12.5. The van der Waals surface area contributed by atoms with Gasteiger partial charge in [-0.05, 0) is 49.1 Å². The highest BCUT2D eigenvalue weighted by molar-refractivity contribution is 7.92. The predicted octanol–water partition coefficient (Wildman–Crippen LogP) is 5.02. The van der Waals surface area contributed by atoms with Gasteiger partial charge >= 0.3 is 0 Å². The molecule has 0 spiro atoms. The molecule has 1 unspecified atom stereocenters. The molecular weight excluding hydrogens is 549 g/mol. The van der Waals surface area contributed by atoms with E-state index in [1.54, 1.807) is 25.3 Å². The Balaban J connectivity index is 1.94. The monoisotopic (exact) mass is 583 g/mol.